The van der Waals surface area contributed by atoms with E-state index < -0.39 is 25.2 Å². The Labute approximate surface area is 131 Å². The summed E-state index contributed by atoms with van der Waals surface area (Å²) in [6.45, 7) is -3.32. The van der Waals surface area contributed by atoms with E-state index in [9.17, 15) is 18.7 Å². The zero-order valence-corrected chi connectivity index (χ0v) is 12.4. The molecular formula is C15H19F2NO5. The molecule has 0 spiro atoms. The fourth-order valence-corrected chi connectivity index (χ4v) is 2.17. The third-order valence-corrected chi connectivity index (χ3v) is 3.52. The molecule has 4 N–H and O–H groups in total. The molecule has 2 rings (SSSR count). The molecule has 23 heavy (non-hydrogen) atoms. The quantitative estimate of drug-likeness (QED) is 0.628. The summed E-state index contributed by atoms with van der Waals surface area (Å²) < 4.78 is 35.1. The molecule has 1 fully saturated rings. The number of amides is 1. The number of primary amides is 1. The molecule has 0 radical (unpaired) electrons. The van der Waals surface area contributed by atoms with Gasteiger partial charge in [0.05, 0.1) is 19.3 Å². The van der Waals surface area contributed by atoms with Crippen LogP contribution in [0.5, 0.6) is 11.5 Å². The van der Waals surface area contributed by atoms with Crippen molar-refractivity contribution in [2.75, 3.05) is 13.2 Å². The van der Waals surface area contributed by atoms with E-state index in [1.165, 1.54) is 12.1 Å². The van der Waals surface area contributed by atoms with E-state index in [0.29, 0.717) is 12.5 Å². The second kappa shape index (κ2) is 7.56. The summed E-state index contributed by atoms with van der Waals surface area (Å²) in [5.41, 5.74) is 5.48. The van der Waals surface area contributed by atoms with Crippen molar-refractivity contribution >= 4 is 5.91 Å². The Hall–Kier alpha value is -1.93. The van der Waals surface area contributed by atoms with Gasteiger partial charge in [-0.25, -0.2) is 0 Å². The minimum Gasteiger partial charge on any atom is -0.489 e. The van der Waals surface area contributed by atoms with Crippen LogP contribution in [-0.4, -0.2) is 42.0 Å². The summed E-state index contributed by atoms with van der Waals surface area (Å²) in [4.78, 5) is 11.6. The summed E-state index contributed by atoms with van der Waals surface area (Å²) in [5.74, 6) is -0.723. The van der Waals surface area contributed by atoms with Gasteiger partial charge in [-0.2, -0.15) is 8.78 Å². The second-order valence-electron chi connectivity index (χ2n) is 5.46. The average Bonchev–Trinajstić information content (AvgIpc) is 3.29. The number of aliphatic hydroxyl groups excluding tert-OH is 2. The summed E-state index contributed by atoms with van der Waals surface area (Å²) >= 11 is 0. The molecule has 0 bridgehead atoms. The number of hydrogen-bond acceptors (Lipinski definition) is 5. The molecule has 0 aromatic heterocycles. The van der Waals surface area contributed by atoms with Crippen LogP contribution in [0.3, 0.4) is 0 Å². The number of alkyl halides is 2. The number of nitrogens with two attached hydrogens (primary N) is 1. The van der Waals surface area contributed by atoms with Gasteiger partial charge in [-0.1, -0.05) is 0 Å². The van der Waals surface area contributed by atoms with Crippen molar-refractivity contribution in [3.05, 3.63) is 23.3 Å². The third kappa shape index (κ3) is 4.77. The van der Waals surface area contributed by atoms with Gasteiger partial charge < -0.3 is 25.4 Å². The van der Waals surface area contributed by atoms with Crippen LogP contribution in [0.2, 0.25) is 0 Å². The van der Waals surface area contributed by atoms with Crippen LogP contribution in [0.25, 0.3) is 0 Å². The number of carbonyl (C=O) groups excluding carboxylic acids is 1. The maximum Gasteiger partial charge on any atom is 0.387 e. The molecule has 8 heteroatoms. The highest BCUT2D eigenvalue weighted by Gasteiger charge is 2.26. The number of halogens is 2. The largest absolute Gasteiger partial charge is 0.489 e. The first-order chi connectivity index (χ1) is 10.9. The van der Waals surface area contributed by atoms with Crippen LogP contribution < -0.4 is 15.2 Å². The molecule has 1 unspecified atom stereocenters. The van der Waals surface area contributed by atoms with Crippen molar-refractivity contribution in [2.45, 2.75) is 32.0 Å². The van der Waals surface area contributed by atoms with Crippen LogP contribution in [0.4, 0.5) is 8.78 Å². The maximum atomic E-state index is 12.6. The second-order valence-corrected chi connectivity index (χ2v) is 5.46. The molecule has 6 nitrogen and oxygen atoms in total. The molecule has 0 heterocycles. The Morgan fingerprint density at radius 2 is 2.09 bits per heavy atom. The molecule has 1 saturated carbocycles. The Morgan fingerprint density at radius 3 is 2.61 bits per heavy atom. The lowest BCUT2D eigenvalue weighted by Gasteiger charge is -2.19. The van der Waals surface area contributed by atoms with Gasteiger partial charge in [-0.05, 0) is 30.9 Å². The molecule has 1 aromatic rings. The van der Waals surface area contributed by atoms with Crippen LogP contribution in [0.15, 0.2) is 12.1 Å². The lowest BCUT2D eigenvalue weighted by Crippen LogP contribution is -2.21. The summed E-state index contributed by atoms with van der Waals surface area (Å²) in [5, 5.41) is 18.7. The Balaban J connectivity index is 2.41. The highest BCUT2D eigenvalue weighted by Crippen LogP contribution is 2.38. The van der Waals surface area contributed by atoms with Crippen LogP contribution in [0, 0.1) is 5.92 Å². The van der Waals surface area contributed by atoms with Crippen molar-refractivity contribution in [3.8, 4) is 11.5 Å². The van der Waals surface area contributed by atoms with Crippen molar-refractivity contribution < 1.29 is 33.3 Å². The first-order valence-electron chi connectivity index (χ1n) is 7.24. The van der Waals surface area contributed by atoms with Crippen LogP contribution in [-0.2, 0) is 6.42 Å². The Kier molecular flexibility index (Phi) is 5.73. The number of hydrogen-bond donors (Lipinski definition) is 3. The number of rotatable bonds is 9. The SMILES string of the molecule is NC(=O)c1ccc(OC(F)F)c(OCC2CC2)c1CC(O)CO. The molecule has 1 atom stereocenters. The zero-order valence-electron chi connectivity index (χ0n) is 12.4. The molecule has 0 saturated heterocycles. The number of carbonyl (C=O) groups is 1. The lowest BCUT2D eigenvalue weighted by atomic mass is 9.99. The number of ether oxygens (including phenoxy) is 2. The average molecular weight is 331 g/mol. The van der Waals surface area contributed by atoms with Crippen LogP contribution >= 0.6 is 0 Å². The van der Waals surface area contributed by atoms with Gasteiger partial charge >= 0.3 is 6.61 Å². The Bertz CT molecular complexity index is 563. The van der Waals surface area contributed by atoms with Gasteiger partial charge in [0.2, 0.25) is 5.91 Å². The van der Waals surface area contributed by atoms with Gasteiger partial charge in [0.1, 0.15) is 0 Å². The van der Waals surface area contributed by atoms with E-state index in [1.807, 2.05) is 0 Å². The van der Waals surface area contributed by atoms with Crippen LogP contribution in [0.1, 0.15) is 28.8 Å². The molecule has 1 amide bonds. The van der Waals surface area contributed by atoms with Gasteiger partial charge in [-0.15, -0.1) is 0 Å². The molecule has 1 aliphatic rings. The zero-order chi connectivity index (χ0) is 17.0. The summed E-state index contributed by atoms with van der Waals surface area (Å²) in [6.07, 6.45) is 0.609. The molecule has 128 valence electrons. The lowest BCUT2D eigenvalue weighted by molar-refractivity contribution is -0.0516. The number of benzene rings is 1. The van der Waals surface area contributed by atoms with Gasteiger partial charge in [0.15, 0.2) is 11.5 Å². The Morgan fingerprint density at radius 1 is 1.39 bits per heavy atom. The highest BCUT2D eigenvalue weighted by molar-refractivity contribution is 5.95. The molecular weight excluding hydrogens is 312 g/mol. The highest BCUT2D eigenvalue weighted by atomic mass is 19.3. The van der Waals surface area contributed by atoms with Crippen molar-refractivity contribution in [2.24, 2.45) is 11.7 Å². The minimum atomic E-state index is -3.06. The molecule has 1 aliphatic carbocycles. The van der Waals surface area contributed by atoms with E-state index >= 15 is 0 Å². The monoisotopic (exact) mass is 331 g/mol. The van der Waals surface area contributed by atoms with Gasteiger partial charge in [0.25, 0.3) is 0 Å². The van der Waals surface area contributed by atoms with E-state index in [2.05, 4.69) is 4.74 Å². The fourth-order valence-electron chi connectivity index (χ4n) is 2.17. The smallest absolute Gasteiger partial charge is 0.387 e. The third-order valence-electron chi connectivity index (χ3n) is 3.52. The standard InChI is InChI=1S/C15H19F2NO5/c16-15(17)23-12-4-3-10(14(18)21)11(5-9(20)6-19)13(12)22-7-8-1-2-8/h3-4,8-9,15,19-20H,1-2,5-7H2,(H2,18,21). The first kappa shape index (κ1) is 17.4. The van der Waals surface area contributed by atoms with Crippen molar-refractivity contribution in [1.82, 2.24) is 0 Å². The molecule has 1 aromatic carbocycles. The van der Waals surface area contributed by atoms with E-state index in [4.69, 9.17) is 15.6 Å². The predicted octanol–water partition coefficient (Wildman–Crippen LogP) is 1.07. The summed E-state index contributed by atoms with van der Waals surface area (Å²) in [7, 11) is 0. The maximum absolute atomic E-state index is 12.6. The topological polar surface area (TPSA) is 102 Å². The minimum absolute atomic E-state index is 0.0323. The van der Waals surface area contributed by atoms with E-state index in [0.717, 1.165) is 12.8 Å². The van der Waals surface area contributed by atoms with Gasteiger partial charge in [-0.3, -0.25) is 4.79 Å². The van der Waals surface area contributed by atoms with Crippen molar-refractivity contribution in [1.29, 1.82) is 0 Å². The summed E-state index contributed by atoms with van der Waals surface area (Å²) in [6, 6.07) is 2.42. The van der Waals surface area contributed by atoms with E-state index in [1.54, 1.807) is 0 Å². The first-order valence-corrected chi connectivity index (χ1v) is 7.24. The number of aliphatic hydroxyl groups is 2. The molecule has 0 aliphatic heterocycles. The predicted molar refractivity (Wildman–Crippen MR) is 76.6 cm³/mol. The van der Waals surface area contributed by atoms with Crippen molar-refractivity contribution in [3.63, 3.8) is 0 Å². The van der Waals surface area contributed by atoms with Gasteiger partial charge in [0, 0.05) is 17.5 Å². The fraction of sp³-hybridized carbons (Fsp3) is 0.533. The normalized spacial score (nSPS) is 15.5. The van der Waals surface area contributed by atoms with E-state index in [-0.39, 0.29) is 29.0 Å².